The lowest BCUT2D eigenvalue weighted by Crippen LogP contribution is -2.39. The number of para-hydroxylation sites is 1. The van der Waals surface area contributed by atoms with Gasteiger partial charge in [0.1, 0.15) is 5.75 Å². The second-order valence-electron chi connectivity index (χ2n) is 5.20. The lowest BCUT2D eigenvalue weighted by Gasteiger charge is -2.22. The van der Waals surface area contributed by atoms with Crippen LogP contribution in [0, 0.1) is 0 Å². The molecule has 0 saturated carbocycles. The fourth-order valence-electron chi connectivity index (χ4n) is 2.60. The summed E-state index contributed by atoms with van der Waals surface area (Å²) in [5.74, 6) is 0.385. The maximum absolute atomic E-state index is 12.6. The molecule has 0 saturated heterocycles. The normalized spacial score (nSPS) is 14.6. The average molecular weight is 336 g/mol. The van der Waals surface area contributed by atoms with Crippen LogP contribution in [0.2, 0.25) is 10.0 Å². The number of carbonyl (C=O) groups excluding carboxylic acids is 1. The molecule has 3 rings (SSSR count). The zero-order valence-electron chi connectivity index (χ0n) is 12.1. The highest BCUT2D eigenvalue weighted by Crippen LogP contribution is 2.31. The highest BCUT2D eigenvalue weighted by atomic mass is 35.5. The molecule has 0 aromatic heterocycles. The molecular formula is C17H15Cl2NO2. The van der Waals surface area contributed by atoms with Crippen molar-refractivity contribution in [3.63, 3.8) is 0 Å². The lowest BCUT2D eigenvalue weighted by atomic mass is 10.2. The second kappa shape index (κ2) is 6.19. The van der Waals surface area contributed by atoms with Crippen LogP contribution in [0.3, 0.4) is 0 Å². The van der Waals surface area contributed by atoms with Gasteiger partial charge in [-0.3, -0.25) is 4.79 Å². The number of carbonyl (C=O) groups is 1. The van der Waals surface area contributed by atoms with Gasteiger partial charge < -0.3 is 9.64 Å². The molecule has 1 aliphatic heterocycles. The second-order valence-corrected chi connectivity index (χ2v) is 6.05. The van der Waals surface area contributed by atoms with E-state index in [-0.39, 0.29) is 5.91 Å². The first kappa shape index (κ1) is 15.2. The van der Waals surface area contributed by atoms with Gasteiger partial charge in [0.2, 0.25) is 0 Å². The molecule has 1 atom stereocenters. The number of amides is 1. The predicted molar refractivity (Wildman–Crippen MR) is 89.1 cm³/mol. The molecule has 3 nitrogen and oxygen atoms in total. The van der Waals surface area contributed by atoms with Gasteiger partial charge in [-0.25, -0.2) is 0 Å². The molecule has 2 aromatic rings. The van der Waals surface area contributed by atoms with Crippen LogP contribution in [-0.2, 0) is 11.2 Å². The first-order chi connectivity index (χ1) is 10.6. The van der Waals surface area contributed by atoms with E-state index < -0.39 is 6.10 Å². The standard InChI is InChI=1S/C17H15Cl2NO2/c1-11(22-16-7-6-13(18)10-14(16)19)17(21)20-9-8-12-4-2-3-5-15(12)20/h2-7,10-11H,8-9H2,1H3/t11-/m0/s1. The summed E-state index contributed by atoms with van der Waals surface area (Å²) >= 11 is 11.9. The Morgan fingerprint density at radius 2 is 2.00 bits per heavy atom. The molecule has 114 valence electrons. The Balaban J connectivity index is 1.76. The highest BCUT2D eigenvalue weighted by Gasteiger charge is 2.29. The maximum atomic E-state index is 12.6. The summed E-state index contributed by atoms with van der Waals surface area (Å²) in [6.07, 6.45) is 0.251. The van der Waals surface area contributed by atoms with Crippen LogP contribution < -0.4 is 9.64 Å². The van der Waals surface area contributed by atoms with Gasteiger partial charge in [0, 0.05) is 17.3 Å². The monoisotopic (exact) mass is 335 g/mol. The van der Waals surface area contributed by atoms with Crippen LogP contribution >= 0.6 is 23.2 Å². The number of benzene rings is 2. The van der Waals surface area contributed by atoms with Gasteiger partial charge in [-0.05, 0) is 43.2 Å². The van der Waals surface area contributed by atoms with Crippen molar-refractivity contribution in [2.24, 2.45) is 0 Å². The number of fused-ring (bicyclic) bond motifs is 1. The van der Waals surface area contributed by atoms with Gasteiger partial charge in [0.25, 0.3) is 5.91 Å². The number of hydrogen-bond acceptors (Lipinski definition) is 2. The van der Waals surface area contributed by atoms with E-state index in [2.05, 4.69) is 0 Å². The minimum atomic E-state index is -0.621. The minimum Gasteiger partial charge on any atom is -0.479 e. The molecule has 1 aliphatic rings. The molecule has 1 heterocycles. The number of rotatable bonds is 3. The van der Waals surface area contributed by atoms with Crippen LogP contribution in [0.1, 0.15) is 12.5 Å². The zero-order valence-corrected chi connectivity index (χ0v) is 13.6. The molecule has 1 amide bonds. The van der Waals surface area contributed by atoms with E-state index in [9.17, 15) is 4.79 Å². The highest BCUT2D eigenvalue weighted by molar-refractivity contribution is 6.35. The van der Waals surface area contributed by atoms with Gasteiger partial charge >= 0.3 is 0 Å². The van der Waals surface area contributed by atoms with Crippen molar-refractivity contribution in [2.75, 3.05) is 11.4 Å². The molecule has 0 spiro atoms. The van der Waals surface area contributed by atoms with Gasteiger partial charge in [0.05, 0.1) is 5.02 Å². The Kier molecular flexibility index (Phi) is 4.27. The zero-order chi connectivity index (χ0) is 15.7. The number of halogens is 2. The largest absolute Gasteiger partial charge is 0.479 e. The molecule has 0 aliphatic carbocycles. The van der Waals surface area contributed by atoms with Gasteiger partial charge in [-0.2, -0.15) is 0 Å². The first-order valence-corrected chi connectivity index (χ1v) is 7.83. The Morgan fingerprint density at radius 3 is 2.77 bits per heavy atom. The Bertz CT molecular complexity index is 718. The molecule has 2 aromatic carbocycles. The van der Waals surface area contributed by atoms with E-state index in [4.69, 9.17) is 27.9 Å². The average Bonchev–Trinajstić information content (AvgIpc) is 2.93. The topological polar surface area (TPSA) is 29.5 Å². The van der Waals surface area contributed by atoms with Crippen LogP contribution in [-0.4, -0.2) is 18.6 Å². The summed E-state index contributed by atoms with van der Waals surface area (Å²) in [4.78, 5) is 14.4. The summed E-state index contributed by atoms with van der Waals surface area (Å²) in [6.45, 7) is 2.41. The van der Waals surface area contributed by atoms with E-state index in [0.29, 0.717) is 22.3 Å². The van der Waals surface area contributed by atoms with Crippen LogP contribution in [0.4, 0.5) is 5.69 Å². The van der Waals surface area contributed by atoms with E-state index in [0.717, 1.165) is 12.1 Å². The molecule has 5 heteroatoms. The number of ether oxygens (including phenoxy) is 1. The lowest BCUT2D eigenvalue weighted by molar-refractivity contribution is -0.124. The third kappa shape index (κ3) is 2.92. The van der Waals surface area contributed by atoms with Gasteiger partial charge in [0.15, 0.2) is 6.10 Å². The summed E-state index contributed by atoms with van der Waals surface area (Å²) in [6, 6.07) is 12.9. The van der Waals surface area contributed by atoms with Crippen LogP contribution in [0.5, 0.6) is 5.75 Å². The van der Waals surface area contributed by atoms with Crippen molar-refractivity contribution >= 4 is 34.8 Å². The summed E-state index contributed by atoms with van der Waals surface area (Å²) in [7, 11) is 0. The fraction of sp³-hybridized carbons (Fsp3) is 0.235. The molecule has 22 heavy (non-hydrogen) atoms. The van der Waals surface area contributed by atoms with Crippen LogP contribution in [0.25, 0.3) is 0 Å². The van der Waals surface area contributed by atoms with Gasteiger partial charge in [-0.15, -0.1) is 0 Å². The third-order valence-corrected chi connectivity index (χ3v) is 4.23. The number of nitrogens with zero attached hydrogens (tertiary/aromatic N) is 1. The quantitative estimate of drug-likeness (QED) is 0.834. The van der Waals surface area contributed by atoms with E-state index in [1.807, 2.05) is 24.3 Å². The Morgan fingerprint density at radius 1 is 1.23 bits per heavy atom. The van der Waals surface area contributed by atoms with Gasteiger partial charge in [-0.1, -0.05) is 41.4 Å². The number of hydrogen-bond donors (Lipinski definition) is 0. The summed E-state index contributed by atoms with van der Waals surface area (Å²) in [5.41, 5.74) is 2.15. The fourth-order valence-corrected chi connectivity index (χ4v) is 3.05. The van der Waals surface area contributed by atoms with Crippen LogP contribution in [0.15, 0.2) is 42.5 Å². The third-order valence-electron chi connectivity index (χ3n) is 3.70. The Labute approximate surface area is 139 Å². The number of anilines is 1. The molecule has 0 bridgehead atoms. The van der Waals surface area contributed by atoms with Crippen molar-refractivity contribution < 1.29 is 9.53 Å². The van der Waals surface area contributed by atoms with E-state index >= 15 is 0 Å². The van der Waals surface area contributed by atoms with E-state index in [1.54, 1.807) is 30.0 Å². The molecule has 0 radical (unpaired) electrons. The first-order valence-electron chi connectivity index (χ1n) is 7.07. The summed E-state index contributed by atoms with van der Waals surface area (Å²) in [5, 5.41) is 0.929. The van der Waals surface area contributed by atoms with Crippen molar-refractivity contribution in [2.45, 2.75) is 19.4 Å². The summed E-state index contributed by atoms with van der Waals surface area (Å²) < 4.78 is 5.71. The van der Waals surface area contributed by atoms with E-state index in [1.165, 1.54) is 5.56 Å². The molecule has 0 N–H and O–H groups in total. The SMILES string of the molecule is C[C@H](Oc1ccc(Cl)cc1Cl)C(=O)N1CCc2ccccc21. The van der Waals surface area contributed by atoms with Crippen molar-refractivity contribution in [1.29, 1.82) is 0 Å². The van der Waals surface area contributed by atoms with Crippen molar-refractivity contribution in [3.8, 4) is 5.75 Å². The molecule has 0 unspecified atom stereocenters. The van der Waals surface area contributed by atoms with Crippen molar-refractivity contribution in [3.05, 3.63) is 58.1 Å². The minimum absolute atomic E-state index is 0.0732. The maximum Gasteiger partial charge on any atom is 0.267 e. The molecule has 0 fully saturated rings. The Hall–Kier alpha value is -1.71. The smallest absolute Gasteiger partial charge is 0.267 e. The predicted octanol–water partition coefficient (Wildman–Crippen LogP) is 4.35. The molecular weight excluding hydrogens is 321 g/mol. The van der Waals surface area contributed by atoms with Crippen molar-refractivity contribution in [1.82, 2.24) is 0 Å².